The molecule has 1 unspecified atom stereocenters. The second-order valence-electron chi connectivity index (χ2n) is 5.73. The van der Waals surface area contributed by atoms with Crippen LogP contribution >= 0.6 is 69.6 Å². The molecule has 0 aliphatic rings. The third-order valence-electron chi connectivity index (χ3n) is 3.67. The molecule has 0 bridgehead atoms. The number of hydrogen-bond acceptors (Lipinski definition) is 3. The molecule has 0 saturated carbocycles. The summed E-state index contributed by atoms with van der Waals surface area (Å²) < 4.78 is 4.34. The molecule has 5 nitrogen and oxygen atoms in total. The van der Waals surface area contributed by atoms with Crippen LogP contribution < -0.4 is 20.7 Å². The number of amides is 1. The molecule has 0 aromatic heterocycles. The fourth-order valence-corrected chi connectivity index (χ4v) is 3.42. The zero-order valence-electron chi connectivity index (χ0n) is 14.9. The highest BCUT2D eigenvalue weighted by Crippen LogP contribution is 2.29. The highest BCUT2D eigenvalue weighted by atomic mass is 127. The summed E-state index contributed by atoms with van der Waals surface area (Å²) in [4.78, 5) is 12.5. The van der Waals surface area contributed by atoms with E-state index in [1.165, 1.54) is 0 Å². The zero-order chi connectivity index (χ0) is 20.9. The third-order valence-corrected chi connectivity index (χ3v) is 5.21. The van der Waals surface area contributed by atoms with Gasteiger partial charge in [-0.15, -0.1) is 0 Å². The van der Waals surface area contributed by atoms with Crippen LogP contribution in [-0.4, -0.2) is 28.1 Å². The maximum absolute atomic E-state index is 12.5. The minimum atomic E-state index is -1.84. The first kappa shape index (κ1) is 23.3. The summed E-state index contributed by atoms with van der Waals surface area (Å²) in [5.41, 5.74) is 2.19. The second kappa shape index (κ2) is 10.2. The first-order valence-corrected chi connectivity index (χ1v) is 10.6. The molecular weight excluding hydrogens is 556 g/mol. The molecule has 2 aromatic carbocycles. The van der Waals surface area contributed by atoms with E-state index in [4.69, 9.17) is 51.8 Å². The van der Waals surface area contributed by atoms with Crippen molar-refractivity contribution in [1.29, 1.82) is 0 Å². The van der Waals surface area contributed by atoms with Crippen molar-refractivity contribution in [2.24, 2.45) is 0 Å². The molecule has 0 saturated heterocycles. The van der Waals surface area contributed by atoms with Crippen molar-refractivity contribution in [3.05, 3.63) is 57.2 Å². The minimum absolute atomic E-state index is 0.204. The summed E-state index contributed by atoms with van der Waals surface area (Å²) in [6.45, 7) is 1.95. The fourth-order valence-electron chi connectivity index (χ4n) is 2.21. The second-order valence-corrected chi connectivity index (χ2v) is 9.76. The lowest BCUT2D eigenvalue weighted by Crippen LogP contribution is -2.56. The topological polar surface area (TPSA) is 62.4 Å². The molecule has 0 heterocycles. The van der Waals surface area contributed by atoms with Crippen LogP contribution in [0.2, 0.25) is 0 Å². The van der Waals surface area contributed by atoms with Crippen LogP contribution in [0.15, 0.2) is 42.5 Å². The lowest BCUT2D eigenvalue weighted by Gasteiger charge is -2.28. The summed E-state index contributed by atoms with van der Waals surface area (Å²) in [6.07, 6.45) is -1.06. The summed E-state index contributed by atoms with van der Waals surface area (Å²) in [7, 11) is 1.54. The van der Waals surface area contributed by atoms with Gasteiger partial charge in [0.25, 0.3) is 5.91 Å². The van der Waals surface area contributed by atoms with Crippen molar-refractivity contribution in [3.63, 3.8) is 0 Å². The Balaban J connectivity index is 2.08. The van der Waals surface area contributed by atoms with Gasteiger partial charge in [0.05, 0.1) is 7.11 Å². The van der Waals surface area contributed by atoms with Gasteiger partial charge in [0.2, 0.25) is 3.79 Å². The molecule has 0 radical (unpaired) electrons. The lowest BCUT2D eigenvalue weighted by molar-refractivity contribution is 0.0934. The molecule has 0 aliphatic carbocycles. The molecular formula is C18H17Cl3IN3O2S. The SMILES string of the molecule is COc1ccc(C(=O)NC(NC(=S)Nc2ccc(I)cc2C)C(Cl)(Cl)Cl)cc1. The molecule has 0 aliphatic heterocycles. The normalized spacial score (nSPS) is 12.1. The number of aryl methyl sites for hydroxylation is 1. The summed E-state index contributed by atoms with van der Waals surface area (Å²) in [6, 6.07) is 12.4. The number of rotatable bonds is 5. The van der Waals surface area contributed by atoms with Crippen molar-refractivity contribution < 1.29 is 9.53 Å². The lowest BCUT2D eigenvalue weighted by atomic mass is 10.2. The molecule has 0 fully saturated rings. The first-order chi connectivity index (χ1) is 13.1. The Morgan fingerprint density at radius 3 is 2.32 bits per heavy atom. The Labute approximate surface area is 197 Å². The Bertz CT molecular complexity index is 860. The maximum atomic E-state index is 12.5. The van der Waals surface area contributed by atoms with Crippen molar-refractivity contribution >= 4 is 86.3 Å². The highest BCUT2D eigenvalue weighted by molar-refractivity contribution is 14.1. The van der Waals surface area contributed by atoms with E-state index in [-0.39, 0.29) is 5.11 Å². The van der Waals surface area contributed by atoms with Crippen LogP contribution in [0, 0.1) is 10.5 Å². The molecule has 10 heteroatoms. The number of methoxy groups -OCH3 is 1. The van der Waals surface area contributed by atoms with Gasteiger partial charge in [-0.3, -0.25) is 4.79 Å². The molecule has 2 rings (SSSR count). The van der Waals surface area contributed by atoms with Crippen LogP contribution in [-0.2, 0) is 0 Å². The fraction of sp³-hybridized carbons (Fsp3) is 0.222. The van der Waals surface area contributed by atoms with Crippen LogP contribution in [0.25, 0.3) is 0 Å². The largest absolute Gasteiger partial charge is 0.497 e. The molecule has 0 spiro atoms. The van der Waals surface area contributed by atoms with E-state index in [9.17, 15) is 4.79 Å². The van der Waals surface area contributed by atoms with Crippen LogP contribution in [0.4, 0.5) is 5.69 Å². The van der Waals surface area contributed by atoms with Gasteiger partial charge in [-0.2, -0.15) is 0 Å². The maximum Gasteiger partial charge on any atom is 0.252 e. The van der Waals surface area contributed by atoms with Crippen molar-refractivity contribution in [2.75, 3.05) is 12.4 Å². The average Bonchev–Trinajstić information content (AvgIpc) is 2.62. The first-order valence-electron chi connectivity index (χ1n) is 7.95. The average molecular weight is 573 g/mol. The van der Waals surface area contributed by atoms with Gasteiger partial charge in [-0.25, -0.2) is 0 Å². The predicted octanol–water partition coefficient (Wildman–Crippen LogP) is 5.02. The monoisotopic (exact) mass is 571 g/mol. The van der Waals surface area contributed by atoms with E-state index < -0.39 is 15.9 Å². The van der Waals surface area contributed by atoms with Gasteiger partial charge >= 0.3 is 0 Å². The molecule has 28 heavy (non-hydrogen) atoms. The van der Waals surface area contributed by atoms with Gasteiger partial charge < -0.3 is 20.7 Å². The molecule has 2 aromatic rings. The molecule has 1 amide bonds. The number of alkyl halides is 3. The van der Waals surface area contributed by atoms with Crippen LogP contribution in [0.5, 0.6) is 5.75 Å². The van der Waals surface area contributed by atoms with Gasteiger partial charge in [-0.1, -0.05) is 34.8 Å². The smallest absolute Gasteiger partial charge is 0.252 e. The Hall–Kier alpha value is -1.000. The van der Waals surface area contributed by atoms with Crippen molar-refractivity contribution in [2.45, 2.75) is 16.9 Å². The van der Waals surface area contributed by atoms with E-state index in [0.717, 1.165) is 14.8 Å². The van der Waals surface area contributed by atoms with Gasteiger partial charge in [0.15, 0.2) is 5.11 Å². The minimum Gasteiger partial charge on any atom is -0.497 e. The standard InChI is InChI=1S/C18H17Cl3IN3O2S/c1-10-9-12(22)5-8-14(10)23-17(28)25-16(18(19,20)21)24-15(26)11-3-6-13(27-2)7-4-11/h3-9,16H,1-2H3,(H,24,26)(H2,23,25,28). The number of thiocarbonyl (C=S) groups is 1. The quantitative estimate of drug-likeness (QED) is 0.203. The van der Waals surface area contributed by atoms with E-state index >= 15 is 0 Å². The highest BCUT2D eigenvalue weighted by Gasteiger charge is 2.35. The van der Waals surface area contributed by atoms with Crippen LogP contribution in [0.1, 0.15) is 15.9 Å². The number of ether oxygens (including phenoxy) is 1. The number of carbonyl (C=O) groups excluding carboxylic acids is 1. The number of anilines is 1. The van der Waals surface area contributed by atoms with Gasteiger partial charge in [0, 0.05) is 14.8 Å². The summed E-state index contributed by atoms with van der Waals surface area (Å²) >= 11 is 25.6. The molecule has 150 valence electrons. The number of halogens is 4. The number of benzene rings is 2. The van der Waals surface area contributed by atoms with E-state index in [1.54, 1.807) is 31.4 Å². The summed E-state index contributed by atoms with van der Waals surface area (Å²) in [5, 5.41) is 8.72. The van der Waals surface area contributed by atoms with E-state index in [1.807, 2.05) is 25.1 Å². The third kappa shape index (κ3) is 6.81. The van der Waals surface area contributed by atoms with Crippen molar-refractivity contribution in [1.82, 2.24) is 10.6 Å². The van der Waals surface area contributed by atoms with Crippen LogP contribution in [0.3, 0.4) is 0 Å². The van der Waals surface area contributed by atoms with E-state index in [0.29, 0.717) is 11.3 Å². The van der Waals surface area contributed by atoms with Gasteiger partial charge in [-0.05, 0) is 89.8 Å². The predicted molar refractivity (Wildman–Crippen MR) is 128 cm³/mol. The summed E-state index contributed by atoms with van der Waals surface area (Å²) in [5.74, 6) is 0.200. The molecule has 3 N–H and O–H groups in total. The van der Waals surface area contributed by atoms with Gasteiger partial charge in [0.1, 0.15) is 11.9 Å². The Morgan fingerprint density at radius 1 is 1.14 bits per heavy atom. The van der Waals surface area contributed by atoms with Crippen molar-refractivity contribution in [3.8, 4) is 5.75 Å². The van der Waals surface area contributed by atoms with E-state index in [2.05, 4.69) is 38.5 Å². The number of nitrogens with one attached hydrogen (secondary N) is 3. The number of carbonyl (C=O) groups is 1. The zero-order valence-corrected chi connectivity index (χ0v) is 20.1. The number of hydrogen-bond donors (Lipinski definition) is 3. The molecule has 1 atom stereocenters. The Morgan fingerprint density at radius 2 is 1.79 bits per heavy atom. The Kier molecular flexibility index (Phi) is 8.44.